The molecule has 9 aromatic rings. The minimum Gasteiger partial charge on any atom is -0.455 e. The van der Waals surface area contributed by atoms with Crippen LogP contribution in [0.15, 0.2) is 174 Å². The van der Waals surface area contributed by atoms with E-state index in [2.05, 4.69) is 36.4 Å². The summed E-state index contributed by atoms with van der Waals surface area (Å²) in [5.74, 6) is 0. The Morgan fingerprint density at radius 1 is 0.378 bits per heavy atom. The van der Waals surface area contributed by atoms with E-state index in [1.807, 2.05) is 54.6 Å². The molecule has 0 aliphatic heterocycles. The van der Waals surface area contributed by atoms with Crippen LogP contribution in [0.5, 0.6) is 0 Å². The third kappa shape index (κ3) is 4.17. The largest absolute Gasteiger partial charge is 0.455 e. The van der Waals surface area contributed by atoms with Crippen molar-refractivity contribution < 1.29 is 19.5 Å². The smallest absolute Gasteiger partial charge is 0.143 e. The quantitative estimate of drug-likeness (QED) is 0.188. The summed E-state index contributed by atoms with van der Waals surface area (Å²) >= 11 is 0. The number of benzene rings is 8. The van der Waals surface area contributed by atoms with E-state index in [0.29, 0.717) is 5.56 Å². The minimum absolute atomic E-state index is 0.0929. The van der Waals surface area contributed by atoms with E-state index in [-0.39, 0.29) is 51.2 Å². The van der Waals surface area contributed by atoms with Gasteiger partial charge >= 0.3 is 0 Å². The molecule has 0 aliphatic carbocycles. The number of hydrogen-bond donors (Lipinski definition) is 0. The molecule has 210 valence electrons. The number of furan rings is 1. The van der Waals surface area contributed by atoms with Crippen LogP contribution in [-0.4, -0.2) is 0 Å². The highest BCUT2D eigenvalue weighted by molar-refractivity contribution is 6.21. The van der Waals surface area contributed by atoms with Gasteiger partial charge in [0.05, 0.1) is 15.1 Å². The highest BCUT2D eigenvalue weighted by Crippen LogP contribution is 2.44. The zero-order chi connectivity index (χ0) is 39.3. The molecule has 0 aliphatic rings. The average molecular weight is 584 g/mol. The van der Waals surface area contributed by atoms with Gasteiger partial charge in [-0.15, -0.1) is 0 Å². The summed E-state index contributed by atoms with van der Waals surface area (Å²) in [5, 5.41) is 4.06. The molecule has 1 heterocycles. The van der Waals surface area contributed by atoms with Gasteiger partial charge in [0.15, 0.2) is 0 Å². The standard InChI is InChI=1S/C44H28O/c1-3-12-30(13-4-1)34-20-11-21-40-35-27-26-33(28-41(35)45-44(34)40)29-22-24-32(25-23-29)43-38-18-9-7-16-36(38)42(31-14-5-2-6-15-31)37-17-8-10-19-39(37)43/h1-28H/i1D,3D,4D,11D,12D,13D,20D,21D,26D,27D,28D. The zero-order valence-corrected chi connectivity index (χ0v) is 23.7. The van der Waals surface area contributed by atoms with Crippen LogP contribution >= 0.6 is 0 Å². The lowest BCUT2D eigenvalue weighted by atomic mass is 9.86. The van der Waals surface area contributed by atoms with Crippen LogP contribution in [0.2, 0.25) is 0 Å². The Kier molecular flexibility index (Phi) is 3.87. The van der Waals surface area contributed by atoms with E-state index in [9.17, 15) is 1.37 Å². The van der Waals surface area contributed by atoms with E-state index in [0.717, 1.165) is 43.8 Å². The fourth-order valence-corrected chi connectivity index (χ4v) is 6.27. The van der Waals surface area contributed by atoms with Crippen molar-refractivity contribution in [1.82, 2.24) is 0 Å². The predicted molar refractivity (Wildman–Crippen MR) is 190 cm³/mol. The molecule has 0 radical (unpaired) electrons. The predicted octanol–water partition coefficient (Wildman–Crippen LogP) is 12.6. The van der Waals surface area contributed by atoms with Crippen molar-refractivity contribution >= 4 is 43.5 Å². The summed E-state index contributed by atoms with van der Waals surface area (Å²) in [6.07, 6.45) is 0. The van der Waals surface area contributed by atoms with Gasteiger partial charge in [0, 0.05) is 16.3 Å². The van der Waals surface area contributed by atoms with Crippen LogP contribution in [0.4, 0.5) is 0 Å². The van der Waals surface area contributed by atoms with E-state index in [1.165, 1.54) is 0 Å². The van der Waals surface area contributed by atoms with Crippen LogP contribution in [0.3, 0.4) is 0 Å². The SMILES string of the molecule is [2H]c1c([2H])c([2H])c(-c2c([2H])c([2H])c([2H])c3c2oc2c([2H])c(-c4ccc(-c5c6ccccc6c(-c6ccccc6)c6ccccc56)cc4)c([2H])c([2H])c23)c([2H])c1[2H]. The molecule has 0 saturated carbocycles. The lowest BCUT2D eigenvalue weighted by Gasteiger charge is -2.18. The van der Waals surface area contributed by atoms with Crippen LogP contribution in [0.1, 0.15) is 15.1 Å². The molecule has 1 nitrogen and oxygen atoms in total. The van der Waals surface area contributed by atoms with Crippen LogP contribution in [0, 0.1) is 0 Å². The topological polar surface area (TPSA) is 13.1 Å². The summed E-state index contributed by atoms with van der Waals surface area (Å²) in [6.45, 7) is 0. The van der Waals surface area contributed by atoms with E-state index in [4.69, 9.17) is 18.1 Å². The molecule has 0 saturated heterocycles. The first-order chi connectivity index (χ1) is 26.9. The molecule has 0 amide bonds. The third-order valence-corrected chi connectivity index (χ3v) is 8.27. The Hall–Kier alpha value is -5.92. The first-order valence-electron chi connectivity index (χ1n) is 20.0. The van der Waals surface area contributed by atoms with Gasteiger partial charge in [-0.1, -0.05) is 158 Å². The third-order valence-electron chi connectivity index (χ3n) is 8.27. The molecule has 1 heteroatoms. The van der Waals surface area contributed by atoms with Crippen molar-refractivity contribution in [3.05, 3.63) is 170 Å². The molecule has 9 rings (SSSR count). The first-order valence-corrected chi connectivity index (χ1v) is 14.5. The number of para-hydroxylation sites is 1. The van der Waals surface area contributed by atoms with Gasteiger partial charge in [0.25, 0.3) is 0 Å². The first kappa shape index (κ1) is 16.8. The van der Waals surface area contributed by atoms with Gasteiger partial charge in [-0.2, -0.15) is 0 Å². The van der Waals surface area contributed by atoms with E-state index in [1.54, 1.807) is 12.1 Å². The summed E-state index contributed by atoms with van der Waals surface area (Å²) in [6, 6.07) is 28.4. The molecule has 0 bridgehead atoms. The molecule has 45 heavy (non-hydrogen) atoms. The number of hydrogen-bond acceptors (Lipinski definition) is 1. The maximum Gasteiger partial charge on any atom is 0.143 e. The molecule has 0 N–H and O–H groups in total. The summed E-state index contributed by atoms with van der Waals surface area (Å²) in [4.78, 5) is 0. The molecule has 8 aromatic carbocycles. The van der Waals surface area contributed by atoms with E-state index < -0.39 is 53.9 Å². The monoisotopic (exact) mass is 583 g/mol. The Morgan fingerprint density at radius 2 is 0.956 bits per heavy atom. The van der Waals surface area contributed by atoms with Crippen LogP contribution < -0.4 is 0 Å². The van der Waals surface area contributed by atoms with Crippen molar-refractivity contribution in [2.75, 3.05) is 0 Å². The Labute approximate surface area is 277 Å². The van der Waals surface area contributed by atoms with Crippen LogP contribution in [-0.2, 0) is 0 Å². The molecule has 0 fully saturated rings. The molecule has 0 spiro atoms. The Morgan fingerprint density at radius 3 is 1.60 bits per heavy atom. The second-order valence-electron chi connectivity index (χ2n) is 10.8. The highest BCUT2D eigenvalue weighted by atomic mass is 16.3. The molecule has 0 atom stereocenters. The van der Waals surface area contributed by atoms with Gasteiger partial charge in [0.1, 0.15) is 11.2 Å². The Bertz CT molecular complexity index is 3050. The lowest BCUT2D eigenvalue weighted by Crippen LogP contribution is -1.90. The normalized spacial score (nSPS) is 15.0. The molecular weight excluding hydrogens is 544 g/mol. The van der Waals surface area contributed by atoms with Gasteiger partial charge < -0.3 is 4.42 Å². The van der Waals surface area contributed by atoms with Crippen molar-refractivity contribution in [3.8, 4) is 44.5 Å². The fourth-order valence-electron chi connectivity index (χ4n) is 6.27. The number of fused-ring (bicyclic) bond motifs is 5. The van der Waals surface area contributed by atoms with Crippen molar-refractivity contribution in [3.63, 3.8) is 0 Å². The van der Waals surface area contributed by atoms with Gasteiger partial charge in [0.2, 0.25) is 0 Å². The van der Waals surface area contributed by atoms with E-state index >= 15 is 0 Å². The van der Waals surface area contributed by atoms with Gasteiger partial charge in [-0.05, 0) is 72.6 Å². The molecule has 0 unspecified atom stereocenters. The summed E-state index contributed by atoms with van der Waals surface area (Å²) in [7, 11) is 0. The Balaban J connectivity index is 1.26. The lowest BCUT2D eigenvalue weighted by molar-refractivity contribution is 0.670. The van der Waals surface area contributed by atoms with Crippen molar-refractivity contribution in [1.29, 1.82) is 0 Å². The van der Waals surface area contributed by atoms with Crippen molar-refractivity contribution in [2.45, 2.75) is 0 Å². The summed E-state index contributed by atoms with van der Waals surface area (Å²) in [5.41, 5.74) is 3.57. The molecular formula is C44H28O. The second kappa shape index (κ2) is 10.4. The van der Waals surface area contributed by atoms with Gasteiger partial charge in [-0.3, -0.25) is 0 Å². The average Bonchev–Trinajstić information content (AvgIpc) is 3.62. The summed E-state index contributed by atoms with van der Waals surface area (Å²) < 4.78 is 101. The number of rotatable bonds is 4. The fraction of sp³-hybridized carbons (Fsp3) is 0. The van der Waals surface area contributed by atoms with Crippen LogP contribution in [0.25, 0.3) is 88.0 Å². The molecule has 1 aromatic heterocycles. The minimum atomic E-state index is -0.652. The zero-order valence-electron chi connectivity index (χ0n) is 34.7. The van der Waals surface area contributed by atoms with Gasteiger partial charge in [-0.25, -0.2) is 0 Å². The maximum absolute atomic E-state index is 9.31. The maximum atomic E-state index is 9.31. The van der Waals surface area contributed by atoms with Crippen molar-refractivity contribution in [2.24, 2.45) is 0 Å². The highest BCUT2D eigenvalue weighted by Gasteiger charge is 2.17. The second-order valence-corrected chi connectivity index (χ2v) is 10.8.